The summed E-state index contributed by atoms with van der Waals surface area (Å²) < 4.78 is 40.4. The van der Waals surface area contributed by atoms with Gasteiger partial charge >= 0.3 is 0 Å². The second-order valence-corrected chi connectivity index (χ2v) is 13.0. The number of aliphatic hydroxyl groups is 1. The standard InChI is InChI=1S/C28H36ClN3O6S/c29-21-6-9-25(10-7-21)39(35,36)32-17-23(33)18-37-19-27-26(32)11-8-24(38-27)14-28(34)30-22-12-13-31(16-22)15-20-4-2-1-3-5-20/h1-7,9-10,22-24,26-27,33H,8,11-19H2,(H,30,34)/t22-,23-,24-,26-,27+/m0/s1. The first kappa shape index (κ1) is 28.5. The lowest BCUT2D eigenvalue weighted by Gasteiger charge is -2.43. The van der Waals surface area contributed by atoms with Crippen LogP contribution in [-0.2, 0) is 30.8 Å². The first-order valence-electron chi connectivity index (χ1n) is 13.5. The van der Waals surface area contributed by atoms with Crippen LogP contribution >= 0.6 is 11.6 Å². The van der Waals surface area contributed by atoms with Gasteiger partial charge in [-0.25, -0.2) is 8.42 Å². The zero-order valence-electron chi connectivity index (χ0n) is 21.8. The second kappa shape index (κ2) is 12.6. The van der Waals surface area contributed by atoms with Crippen LogP contribution in [0.1, 0.15) is 31.2 Å². The van der Waals surface area contributed by atoms with Gasteiger partial charge in [-0.15, -0.1) is 0 Å². The SMILES string of the molecule is O=C(C[C@@H]1CC[C@H]2[C@@H](COC[C@@H](O)CN2S(=O)(=O)c2ccc(Cl)cc2)O1)N[C@H]1CCN(Cc2ccccc2)C1. The smallest absolute Gasteiger partial charge is 0.243 e. The number of sulfonamides is 1. The molecule has 11 heteroatoms. The van der Waals surface area contributed by atoms with E-state index in [-0.39, 0.29) is 49.1 Å². The van der Waals surface area contributed by atoms with E-state index in [0.29, 0.717) is 17.9 Å². The molecule has 3 aliphatic heterocycles. The van der Waals surface area contributed by atoms with Gasteiger partial charge in [0, 0.05) is 37.2 Å². The minimum absolute atomic E-state index is 0.00549. The molecule has 0 radical (unpaired) electrons. The number of hydrogen-bond acceptors (Lipinski definition) is 7. The van der Waals surface area contributed by atoms with Crippen LogP contribution in [0.25, 0.3) is 0 Å². The maximum atomic E-state index is 13.6. The molecule has 2 aromatic rings. The number of aliphatic hydroxyl groups excluding tert-OH is 1. The summed E-state index contributed by atoms with van der Waals surface area (Å²) in [4.78, 5) is 15.4. The highest BCUT2D eigenvalue weighted by Crippen LogP contribution is 2.32. The summed E-state index contributed by atoms with van der Waals surface area (Å²) in [6.45, 7) is 2.66. The van der Waals surface area contributed by atoms with Crippen molar-refractivity contribution in [1.29, 1.82) is 0 Å². The van der Waals surface area contributed by atoms with Gasteiger partial charge in [-0.2, -0.15) is 4.31 Å². The van der Waals surface area contributed by atoms with E-state index in [2.05, 4.69) is 22.3 Å². The Labute approximate surface area is 235 Å². The molecule has 0 spiro atoms. The zero-order chi connectivity index (χ0) is 27.4. The molecule has 3 aliphatic rings. The monoisotopic (exact) mass is 577 g/mol. The predicted molar refractivity (Wildman–Crippen MR) is 147 cm³/mol. The maximum absolute atomic E-state index is 13.6. The Morgan fingerprint density at radius 3 is 2.56 bits per heavy atom. The number of rotatable bonds is 7. The number of carbonyl (C=O) groups is 1. The molecule has 0 unspecified atom stereocenters. The van der Waals surface area contributed by atoms with Gasteiger partial charge in [-0.3, -0.25) is 9.69 Å². The van der Waals surface area contributed by atoms with Crippen molar-refractivity contribution >= 4 is 27.5 Å². The van der Waals surface area contributed by atoms with Gasteiger partial charge in [0.15, 0.2) is 0 Å². The maximum Gasteiger partial charge on any atom is 0.243 e. The van der Waals surface area contributed by atoms with Crippen LogP contribution < -0.4 is 5.32 Å². The number of β-amino-alcohol motifs (C(OH)–C–C–N with tert-alkyl or cyclic N) is 1. The third-order valence-corrected chi connectivity index (χ3v) is 9.81. The lowest BCUT2D eigenvalue weighted by atomic mass is 9.96. The minimum atomic E-state index is -3.91. The molecule has 3 fully saturated rings. The van der Waals surface area contributed by atoms with E-state index < -0.39 is 28.3 Å². The fourth-order valence-electron chi connectivity index (χ4n) is 5.74. The molecule has 2 aromatic carbocycles. The number of hydrogen-bond donors (Lipinski definition) is 2. The van der Waals surface area contributed by atoms with Crippen molar-refractivity contribution < 1.29 is 27.8 Å². The Kier molecular flexibility index (Phi) is 9.23. The van der Waals surface area contributed by atoms with E-state index in [1.807, 2.05) is 18.2 Å². The molecule has 39 heavy (non-hydrogen) atoms. The van der Waals surface area contributed by atoms with Crippen molar-refractivity contribution in [2.75, 3.05) is 32.8 Å². The van der Waals surface area contributed by atoms with Crippen molar-refractivity contribution in [3.8, 4) is 0 Å². The number of amides is 1. The molecule has 1 amide bonds. The van der Waals surface area contributed by atoms with E-state index in [4.69, 9.17) is 21.1 Å². The first-order valence-corrected chi connectivity index (χ1v) is 15.3. The summed E-state index contributed by atoms with van der Waals surface area (Å²) in [6.07, 6.45) is 0.319. The number of halogens is 1. The molecule has 0 bridgehead atoms. The fourth-order valence-corrected chi connectivity index (χ4v) is 7.58. The molecule has 3 saturated heterocycles. The van der Waals surface area contributed by atoms with Crippen molar-refractivity contribution in [2.24, 2.45) is 0 Å². The molecule has 5 atom stereocenters. The van der Waals surface area contributed by atoms with Crippen molar-refractivity contribution in [2.45, 2.75) is 67.5 Å². The highest BCUT2D eigenvalue weighted by Gasteiger charge is 2.43. The normalized spacial score (nSPS) is 28.8. The van der Waals surface area contributed by atoms with Gasteiger partial charge < -0.3 is 19.9 Å². The van der Waals surface area contributed by atoms with E-state index in [1.165, 1.54) is 34.1 Å². The van der Waals surface area contributed by atoms with Crippen LogP contribution in [0.2, 0.25) is 5.02 Å². The molecular weight excluding hydrogens is 542 g/mol. The van der Waals surface area contributed by atoms with E-state index >= 15 is 0 Å². The third-order valence-electron chi connectivity index (χ3n) is 7.65. The predicted octanol–water partition coefficient (Wildman–Crippen LogP) is 2.42. The van der Waals surface area contributed by atoms with Gasteiger partial charge in [0.1, 0.15) is 0 Å². The number of ether oxygens (including phenoxy) is 2. The van der Waals surface area contributed by atoms with Crippen LogP contribution in [0.4, 0.5) is 0 Å². The summed E-state index contributed by atoms with van der Waals surface area (Å²) in [5.41, 5.74) is 1.26. The number of likely N-dealkylation sites (tertiary alicyclic amines) is 1. The summed E-state index contributed by atoms with van der Waals surface area (Å²) in [6, 6.07) is 15.9. The number of carbonyl (C=O) groups excluding carboxylic acids is 1. The quantitative estimate of drug-likeness (QED) is 0.520. The average molecular weight is 578 g/mol. The Morgan fingerprint density at radius 2 is 1.79 bits per heavy atom. The molecule has 2 N–H and O–H groups in total. The summed E-state index contributed by atoms with van der Waals surface area (Å²) in [5.74, 6) is -0.0576. The largest absolute Gasteiger partial charge is 0.389 e. The van der Waals surface area contributed by atoms with Crippen LogP contribution in [0.15, 0.2) is 59.5 Å². The summed E-state index contributed by atoms with van der Waals surface area (Å²) in [7, 11) is -3.91. The van der Waals surface area contributed by atoms with E-state index in [9.17, 15) is 18.3 Å². The Bertz CT molecular complexity index is 1220. The Hall–Kier alpha value is -2.05. The van der Waals surface area contributed by atoms with E-state index in [1.54, 1.807) is 0 Å². The fraction of sp³-hybridized carbons (Fsp3) is 0.536. The van der Waals surface area contributed by atoms with Gasteiger partial charge in [0.05, 0.1) is 48.9 Å². The number of benzene rings is 2. The molecule has 3 heterocycles. The van der Waals surface area contributed by atoms with Crippen molar-refractivity contribution in [3.05, 3.63) is 65.2 Å². The van der Waals surface area contributed by atoms with Crippen molar-refractivity contribution in [1.82, 2.24) is 14.5 Å². The highest BCUT2D eigenvalue weighted by atomic mass is 35.5. The Morgan fingerprint density at radius 1 is 1.03 bits per heavy atom. The molecule has 9 nitrogen and oxygen atoms in total. The average Bonchev–Trinajstić information content (AvgIpc) is 3.33. The minimum Gasteiger partial charge on any atom is -0.389 e. The highest BCUT2D eigenvalue weighted by molar-refractivity contribution is 7.89. The number of nitrogens with zero attached hydrogens (tertiary/aromatic N) is 2. The summed E-state index contributed by atoms with van der Waals surface area (Å²) in [5, 5.41) is 14.0. The lowest BCUT2D eigenvalue weighted by molar-refractivity contribution is -0.146. The summed E-state index contributed by atoms with van der Waals surface area (Å²) >= 11 is 5.96. The van der Waals surface area contributed by atoms with Crippen LogP contribution in [-0.4, -0.2) is 91.9 Å². The topological polar surface area (TPSA) is 108 Å². The van der Waals surface area contributed by atoms with Crippen LogP contribution in [0.3, 0.4) is 0 Å². The zero-order valence-corrected chi connectivity index (χ0v) is 23.4. The van der Waals surface area contributed by atoms with Gasteiger partial charge in [-0.1, -0.05) is 41.9 Å². The van der Waals surface area contributed by atoms with Gasteiger partial charge in [0.2, 0.25) is 15.9 Å². The van der Waals surface area contributed by atoms with Gasteiger partial charge in [0.25, 0.3) is 0 Å². The van der Waals surface area contributed by atoms with Gasteiger partial charge in [-0.05, 0) is 49.1 Å². The Balaban J connectivity index is 1.18. The molecule has 212 valence electrons. The number of fused-ring (bicyclic) bond motifs is 1. The molecule has 0 aromatic heterocycles. The lowest BCUT2D eigenvalue weighted by Crippen LogP contribution is -2.57. The third kappa shape index (κ3) is 7.18. The number of nitrogens with one attached hydrogen (secondary N) is 1. The molecule has 0 aliphatic carbocycles. The van der Waals surface area contributed by atoms with Crippen molar-refractivity contribution in [3.63, 3.8) is 0 Å². The molecular formula is C28H36ClN3O6S. The molecule has 0 saturated carbocycles. The van der Waals surface area contributed by atoms with Crippen LogP contribution in [0.5, 0.6) is 0 Å². The molecule has 5 rings (SSSR count). The second-order valence-electron chi connectivity index (χ2n) is 10.6. The van der Waals surface area contributed by atoms with Crippen LogP contribution in [0, 0.1) is 0 Å². The van der Waals surface area contributed by atoms with E-state index in [0.717, 1.165) is 26.1 Å². The first-order chi connectivity index (χ1) is 18.8.